The Morgan fingerprint density at radius 3 is 2.69 bits per heavy atom. The van der Waals surface area contributed by atoms with Gasteiger partial charge in [0.05, 0.1) is 0 Å². The standard InChI is InChI=1S/C10H10F2N4/c1-2-16-5-14-15-10(16)6-3-7(11)8(12)4-9(6)13/h3-5H,2,13H2,1H3. The highest BCUT2D eigenvalue weighted by molar-refractivity contribution is 5.71. The van der Waals surface area contributed by atoms with E-state index in [0.717, 1.165) is 12.1 Å². The molecule has 2 aromatic rings. The lowest BCUT2D eigenvalue weighted by Gasteiger charge is -2.06. The van der Waals surface area contributed by atoms with Crippen molar-refractivity contribution in [1.29, 1.82) is 0 Å². The third-order valence-corrected chi connectivity index (χ3v) is 2.29. The molecular weight excluding hydrogens is 214 g/mol. The Morgan fingerprint density at radius 1 is 1.31 bits per heavy atom. The quantitative estimate of drug-likeness (QED) is 0.791. The van der Waals surface area contributed by atoms with E-state index in [1.807, 2.05) is 6.92 Å². The highest BCUT2D eigenvalue weighted by atomic mass is 19.2. The van der Waals surface area contributed by atoms with Crippen LogP contribution in [0.4, 0.5) is 14.5 Å². The van der Waals surface area contributed by atoms with Gasteiger partial charge in [-0.25, -0.2) is 8.78 Å². The lowest BCUT2D eigenvalue weighted by atomic mass is 10.1. The first-order chi connectivity index (χ1) is 7.63. The molecule has 0 aliphatic rings. The maximum atomic E-state index is 13.1. The number of benzene rings is 1. The van der Waals surface area contributed by atoms with Crippen molar-refractivity contribution in [2.45, 2.75) is 13.5 Å². The maximum Gasteiger partial charge on any atom is 0.165 e. The molecule has 0 amide bonds. The molecule has 0 unspecified atom stereocenters. The predicted octanol–water partition coefficient (Wildman–Crippen LogP) is 1.83. The van der Waals surface area contributed by atoms with E-state index in [1.165, 1.54) is 6.33 Å². The Kier molecular flexibility index (Phi) is 2.55. The highest BCUT2D eigenvalue weighted by Gasteiger charge is 2.13. The number of aryl methyl sites for hydroxylation is 1. The molecule has 2 rings (SSSR count). The second kappa shape index (κ2) is 3.88. The Morgan fingerprint density at radius 2 is 2.00 bits per heavy atom. The molecule has 1 aromatic heterocycles. The molecule has 0 saturated heterocycles. The summed E-state index contributed by atoms with van der Waals surface area (Å²) >= 11 is 0. The normalized spacial score (nSPS) is 10.7. The number of nitrogens with two attached hydrogens (primary N) is 1. The number of rotatable bonds is 2. The summed E-state index contributed by atoms with van der Waals surface area (Å²) in [6.07, 6.45) is 1.51. The van der Waals surface area contributed by atoms with Crippen LogP contribution in [0.3, 0.4) is 0 Å². The molecule has 2 N–H and O–H groups in total. The predicted molar refractivity (Wildman–Crippen MR) is 55.5 cm³/mol. The molecule has 1 heterocycles. The molecule has 4 nitrogen and oxygen atoms in total. The monoisotopic (exact) mass is 224 g/mol. The summed E-state index contributed by atoms with van der Waals surface area (Å²) in [5.74, 6) is -1.49. The number of halogens is 2. The molecule has 0 aliphatic carbocycles. The van der Waals surface area contributed by atoms with Crippen LogP contribution >= 0.6 is 0 Å². The molecular formula is C10H10F2N4. The Bertz CT molecular complexity index is 522. The van der Waals surface area contributed by atoms with E-state index < -0.39 is 11.6 Å². The van der Waals surface area contributed by atoms with Gasteiger partial charge in [-0.2, -0.15) is 0 Å². The Labute approximate surface area is 90.7 Å². The molecule has 84 valence electrons. The van der Waals surface area contributed by atoms with Crippen LogP contribution < -0.4 is 5.73 Å². The molecule has 0 atom stereocenters. The molecule has 0 fully saturated rings. The van der Waals surface area contributed by atoms with Gasteiger partial charge < -0.3 is 10.3 Å². The van der Waals surface area contributed by atoms with E-state index in [2.05, 4.69) is 10.2 Å². The number of aromatic nitrogens is 3. The number of hydrogen-bond acceptors (Lipinski definition) is 3. The fourth-order valence-corrected chi connectivity index (χ4v) is 1.45. The number of nitrogen functional groups attached to an aromatic ring is 1. The number of hydrogen-bond donors (Lipinski definition) is 1. The molecule has 6 heteroatoms. The first-order valence-electron chi connectivity index (χ1n) is 4.76. The maximum absolute atomic E-state index is 13.1. The van der Waals surface area contributed by atoms with Gasteiger partial charge in [0, 0.05) is 23.9 Å². The summed E-state index contributed by atoms with van der Waals surface area (Å²) in [6, 6.07) is 1.97. The van der Waals surface area contributed by atoms with Crippen LogP contribution in [0.5, 0.6) is 0 Å². The molecule has 0 radical (unpaired) electrons. The molecule has 0 aliphatic heterocycles. The van der Waals surface area contributed by atoms with Crippen molar-refractivity contribution in [1.82, 2.24) is 14.8 Å². The lowest BCUT2D eigenvalue weighted by Crippen LogP contribution is -2.01. The average molecular weight is 224 g/mol. The first kappa shape index (κ1) is 10.5. The van der Waals surface area contributed by atoms with Gasteiger partial charge >= 0.3 is 0 Å². The van der Waals surface area contributed by atoms with Crippen molar-refractivity contribution < 1.29 is 8.78 Å². The highest BCUT2D eigenvalue weighted by Crippen LogP contribution is 2.26. The molecule has 16 heavy (non-hydrogen) atoms. The molecule has 0 spiro atoms. The molecule has 1 aromatic carbocycles. The fraction of sp³-hybridized carbons (Fsp3) is 0.200. The van der Waals surface area contributed by atoms with Gasteiger partial charge in [0.1, 0.15) is 6.33 Å². The van der Waals surface area contributed by atoms with Gasteiger partial charge in [0.25, 0.3) is 0 Å². The van der Waals surface area contributed by atoms with Crippen LogP contribution in [-0.2, 0) is 6.54 Å². The van der Waals surface area contributed by atoms with Gasteiger partial charge in [0.15, 0.2) is 17.5 Å². The fourth-order valence-electron chi connectivity index (χ4n) is 1.45. The van der Waals surface area contributed by atoms with Crippen molar-refractivity contribution in [3.05, 3.63) is 30.1 Å². The third kappa shape index (κ3) is 1.62. The summed E-state index contributed by atoms with van der Waals surface area (Å²) < 4.78 is 27.7. The summed E-state index contributed by atoms with van der Waals surface area (Å²) in [5.41, 5.74) is 6.10. The van der Waals surface area contributed by atoms with E-state index in [0.29, 0.717) is 17.9 Å². The largest absolute Gasteiger partial charge is 0.398 e. The van der Waals surface area contributed by atoms with E-state index in [4.69, 9.17) is 5.73 Å². The van der Waals surface area contributed by atoms with Crippen LogP contribution in [0.15, 0.2) is 18.5 Å². The minimum Gasteiger partial charge on any atom is -0.398 e. The van der Waals surface area contributed by atoms with Crippen molar-refractivity contribution >= 4 is 5.69 Å². The lowest BCUT2D eigenvalue weighted by molar-refractivity contribution is 0.509. The minimum absolute atomic E-state index is 0.140. The average Bonchev–Trinajstić information content (AvgIpc) is 2.71. The van der Waals surface area contributed by atoms with Crippen molar-refractivity contribution in [3.63, 3.8) is 0 Å². The second-order valence-corrected chi connectivity index (χ2v) is 3.29. The van der Waals surface area contributed by atoms with Crippen molar-refractivity contribution in [2.24, 2.45) is 0 Å². The van der Waals surface area contributed by atoms with Crippen molar-refractivity contribution in [3.8, 4) is 11.4 Å². The van der Waals surface area contributed by atoms with E-state index in [9.17, 15) is 8.78 Å². The number of anilines is 1. The van der Waals surface area contributed by atoms with Crippen LogP contribution in [0.2, 0.25) is 0 Å². The van der Waals surface area contributed by atoms with Gasteiger partial charge in [-0.1, -0.05) is 0 Å². The summed E-state index contributed by atoms with van der Waals surface area (Å²) in [7, 11) is 0. The zero-order chi connectivity index (χ0) is 11.7. The van der Waals surface area contributed by atoms with Crippen LogP contribution in [-0.4, -0.2) is 14.8 Å². The first-order valence-corrected chi connectivity index (χ1v) is 4.76. The van der Waals surface area contributed by atoms with Gasteiger partial charge in [-0.05, 0) is 13.0 Å². The van der Waals surface area contributed by atoms with E-state index in [1.54, 1.807) is 4.57 Å². The molecule has 0 bridgehead atoms. The van der Waals surface area contributed by atoms with Gasteiger partial charge in [0.2, 0.25) is 0 Å². The minimum atomic E-state index is -0.969. The van der Waals surface area contributed by atoms with Gasteiger partial charge in [-0.3, -0.25) is 0 Å². The smallest absolute Gasteiger partial charge is 0.165 e. The van der Waals surface area contributed by atoms with E-state index in [-0.39, 0.29) is 5.69 Å². The summed E-state index contributed by atoms with van der Waals surface area (Å²) in [5, 5.41) is 7.54. The zero-order valence-electron chi connectivity index (χ0n) is 8.61. The van der Waals surface area contributed by atoms with Crippen LogP contribution in [0, 0.1) is 11.6 Å². The second-order valence-electron chi connectivity index (χ2n) is 3.29. The van der Waals surface area contributed by atoms with Gasteiger partial charge in [-0.15, -0.1) is 10.2 Å². The van der Waals surface area contributed by atoms with Crippen LogP contribution in [0.25, 0.3) is 11.4 Å². The van der Waals surface area contributed by atoms with Crippen molar-refractivity contribution in [2.75, 3.05) is 5.73 Å². The Balaban J connectivity index is 2.60. The number of nitrogens with zero attached hydrogens (tertiary/aromatic N) is 3. The molecule has 0 saturated carbocycles. The van der Waals surface area contributed by atoms with E-state index >= 15 is 0 Å². The topological polar surface area (TPSA) is 56.7 Å². The summed E-state index contributed by atoms with van der Waals surface area (Å²) in [4.78, 5) is 0. The third-order valence-electron chi connectivity index (χ3n) is 2.29. The van der Waals surface area contributed by atoms with Crippen LogP contribution in [0.1, 0.15) is 6.92 Å². The zero-order valence-corrected chi connectivity index (χ0v) is 8.61. The summed E-state index contributed by atoms with van der Waals surface area (Å²) in [6.45, 7) is 2.52. The Hall–Kier alpha value is -1.98. The SMILES string of the molecule is CCn1cnnc1-c1cc(F)c(F)cc1N.